The molecule has 1 aromatic carbocycles. The number of fused-ring (bicyclic) bond motifs is 1. The Balaban J connectivity index is 1.56. The van der Waals surface area contributed by atoms with Gasteiger partial charge in [-0.15, -0.1) is 0 Å². The van der Waals surface area contributed by atoms with Gasteiger partial charge in [0, 0.05) is 51.7 Å². The molecule has 3 heterocycles. The predicted molar refractivity (Wildman–Crippen MR) is 98.1 cm³/mol. The lowest BCUT2D eigenvalue weighted by molar-refractivity contribution is 0.0956. The van der Waals surface area contributed by atoms with Gasteiger partial charge in [0.15, 0.2) is 0 Å². The van der Waals surface area contributed by atoms with Crippen LogP contribution in [0.4, 0.5) is 15.8 Å². The summed E-state index contributed by atoms with van der Waals surface area (Å²) in [6, 6.07) is 6.54. The van der Waals surface area contributed by atoms with Crippen LogP contribution in [0.1, 0.15) is 28.6 Å². The molecule has 2 aliphatic rings. The molecule has 6 nitrogen and oxygen atoms in total. The van der Waals surface area contributed by atoms with Gasteiger partial charge >= 0.3 is 0 Å². The van der Waals surface area contributed by atoms with Crippen LogP contribution in [0.2, 0.25) is 0 Å². The number of nitrogens with one attached hydrogen (secondary N) is 1. The molecule has 1 aromatic heterocycles. The molecule has 2 aliphatic heterocycles. The third kappa shape index (κ3) is 2.92. The second kappa shape index (κ2) is 6.64. The summed E-state index contributed by atoms with van der Waals surface area (Å²) in [4.78, 5) is 16.9. The second-order valence-corrected chi connectivity index (χ2v) is 6.90. The number of aryl methyl sites for hydroxylation is 1. The van der Waals surface area contributed by atoms with Crippen LogP contribution < -0.4 is 15.1 Å². The number of aliphatic hydroxyl groups is 1. The van der Waals surface area contributed by atoms with Gasteiger partial charge in [-0.2, -0.15) is 0 Å². The van der Waals surface area contributed by atoms with E-state index < -0.39 is 6.10 Å². The van der Waals surface area contributed by atoms with Crippen molar-refractivity contribution in [3.8, 4) is 0 Å². The number of hydrogen-bond acceptors (Lipinski definition) is 4. The van der Waals surface area contributed by atoms with Gasteiger partial charge in [0.1, 0.15) is 5.82 Å². The molecule has 1 atom stereocenters. The van der Waals surface area contributed by atoms with Crippen LogP contribution in [0, 0.1) is 5.82 Å². The molecule has 0 radical (unpaired) electrons. The fourth-order valence-corrected chi connectivity index (χ4v) is 3.90. The Hall–Kier alpha value is -2.54. The van der Waals surface area contributed by atoms with Gasteiger partial charge in [-0.05, 0) is 30.7 Å². The van der Waals surface area contributed by atoms with Gasteiger partial charge in [-0.3, -0.25) is 4.79 Å². The number of benzene rings is 1. The summed E-state index contributed by atoms with van der Waals surface area (Å²) in [5.74, 6) is -0.350. The van der Waals surface area contributed by atoms with Crippen molar-refractivity contribution in [3.63, 3.8) is 0 Å². The lowest BCUT2D eigenvalue weighted by Crippen LogP contribution is -2.47. The number of rotatable bonds is 2. The van der Waals surface area contributed by atoms with Gasteiger partial charge in [-0.1, -0.05) is 0 Å². The third-order valence-corrected chi connectivity index (χ3v) is 5.27. The van der Waals surface area contributed by atoms with E-state index in [9.17, 15) is 14.3 Å². The molecule has 1 fully saturated rings. The maximum Gasteiger partial charge on any atom is 0.255 e. The summed E-state index contributed by atoms with van der Waals surface area (Å²) in [6.45, 7) is 3.58. The number of aromatic nitrogens is 1. The number of carbonyl (C=O) groups excluding carboxylic acids is 1. The van der Waals surface area contributed by atoms with E-state index in [0.717, 1.165) is 37.6 Å². The zero-order chi connectivity index (χ0) is 18.3. The van der Waals surface area contributed by atoms with Gasteiger partial charge < -0.3 is 24.8 Å². The van der Waals surface area contributed by atoms with Crippen LogP contribution in [0.3, 0.4) is 0 Å². The number of carbonyl (C=O) groups is 1. The lowest BCUT2D eigenvalue weighted by atomic mass is 10.1. The smallest absolute Gasteiger partial charge is 0.255 e. The molecular weight excluding hydrogens is 335 g/mol. The van der Waals surface area contributed by atoms with Gasteiger partial charge in [0.05, 0.1) is 23.0 Å². The number of amides is 1. The average Bonchev–Trinajstić information content (AvgIpc) is 2.92. The van der Waals surface area contributed by atoms with Crippen LogP contribution in [0.15, 0.2) is 30.5 Å². The van der Waals surface area contributed by atoms with Crippen molar-refractivity contribution in [2.24, 2.45) is 7.05 Å². The van der Waals surface area contributed by atoms with Crippen molar-refractivity contribution in [1.29, 1.82) is 0 Å². The number of halogens is 1. The summed E-state index contributed by atoms with van der Waals surface area (Å²) >= 11 is 0. The largest absolute Gasteiger partial charge is 0.387 e. The Morgan fingerprint density at radius 2 is 1.77 bits per heavy atom. The number of anilines is 2. The van der Waals surface area contributed by atoms with E-state index in [1.165, 1.54) is 12.1 Å². The van der Waals surface area contributed by atoms with E-state index in [1.54, 1.807) is 12.1 Å². The Morgan fingerprint density at radius 3 is 2.46 bits per heavy atom. The zero-order valence-corrected chi connectivity index (χ0v) is 14.8. The molecule has 26 heavy (non-hydrogen) atoms. The number of aliphatic hydroxyl groups excluding tert-OH is 1. The maximum atomic E-state index is 13.1. The minimum absolute atomic E-state index is 0.117. The summed E-state index contributed by atoms with van der Waals surface area (Å²) in [5, 5.41) is 13.3. The van der Waals surface area contributed by atoms with Crippen LogP contribution in [-0.2, 0) is 7.05 Å². The van der Waals surface area contributed by atoms with E-state index >= 15 is 0 Å². The molecule has 1 saturated heterocycles. The summed E-state index contributed by atoms with van der Waals surface area (Å²) in [5.41, 5.74) is 3.16. The lowest BCUT2D eigenvalue weighted by Gasteiger charge is -2.37. The molecule has 0 spiro atoms. The Labute approximate surface area is 151 Å². The first-order valence-electron chi connectivity index (χ1n) is 8.95. The highest BCUT2D eigenvalue weighted by molar-refractivity contribution is 6.01. The number of hydrogen-bond donors (Lipinski definition) is 2. The van der Waals surface area contributed by atoms with Crippen molar-refractivity contribution < 1.29 is 14.3 Å². The molecular formula is C19H23FN4O2. The molecule has 138 valence electrons. The molecule has 4 rings (SSSR count). The number of nitrogens with zero attached hydrogens (tertiary/aromatic N) is 3. The molecule has 0 aliphatic carbocycles. The zero-order valence-electron chi connectivity index (χ0n) is 14.8. The van der Waals surface area contributed by atoms with Crippen LogP contribution in [0.5, 0.6) is 0 Å². The molecule has 2 aromatic rings. The summed E-state index contributed by atoms with van der Waals surface area (Å²) in [6.07, 6.45) is 1.82. The molecule has 2 N–H and O–H groups in total. The first-order valence-corrected chi connectivity index (χ1v) is 8.95. The van der Waals surface area contributed by atoms with Gasteiger partial charge in [0.25, 0.3) is 5.91 Å². The average molecular weight is 358 g/mol. The monoisotopic (exact) mass is 358 g/mol. The normalized spacial score (nSPS) is 20.6. The Morgan fingerprint density at radius 1 is 1.12 bits per heavy atom. The second-order valence-electron chi connectivity index (χ2n) is 6.90. The highest BCUT2D eigenvalue weighted by atomic mass is 19.1. The van der Waals surface area contributed by atoms with Crippen molar-refractivity contribution >= 4 is 17.3 Å². The fourth-order valence-electron chi connectivity index (χ4n) is 3.90. The highest BCUT2D eigenvalue weighted by Crippen LogP contribution is 2.33. The topological polar surface area (TPSA) is 60.7 Å². The minimum atomic E-state index is -0.636. The van der Waals surface area contributed by atoms with Crippen molar-refractivity contribution in [2.75, 3.05) is 42.5 Å². The molecule has 1 amide bonds. The predicted octanol–water partition coefficient (Wildman–Crippen LogP) is 1.66. The van der Waals surface area contributed by atoms with Gasteiger partial charge in [0.2, 0.25) is 0 Å². The molecule has 0 saturated carbocycles. The van der Waals surface area contributed by atoms with Crippen molar-refractivity contribution in [2.45, 2.75) is 12.5 Å². The molecule has 1 unspecified atom stereocenters. The van der Waals surface area contributed by atoms with Crippen molar-refractivity contribution in [3.05, 3.63) is 47.5 Å². The summed E-state index contributed by atoms with van der Waals surface area (Å²) in [7, 11) is 1.87. The standard InChI is InChI=1S/C19H23FN4O2/c1-22-12-15(17-18(22)16(25)6-7-21-19(17)26)24-10-8-23(9-11-24)14-4-2-13(20)3-5-14/h2-5,12,16,25H,6-11H2,1H3,(H,21,26). The highest BCUT2D eigenvalue weighted by Gasteiger charge is 2.31. The van der Waals surface area contributed by atoms with E-state index in [1.807, 2.05) is 17.8 Å². The first kappa shape index (κ1) is 16.9. The maximum absolute atomic E-state index is 13.1. The van der Waals surface area contributed by atoms with E-state index in [-0.39, 0.29) is 11.7 Å². The quantitative estimate of drug-likeness (QED) is 0.857. The minimum Gasteiger partial charge on any atom is -0.387 e. The fraction of sp³-hybridized carbons (Fsp3) is 0.421. The molecule has 7 heteroatoms. The Bertz CT molecular complexity index is 810. The van der Waals surface area contributed by atoms with Crippen LogP contribution in [0.25, 0.3) is 0 Å². The molecule has 0 bridgehead atoms. The van der Waals surface area contributed by atoms with E-state index in [0.29, 0.717) is 24.2 Å². The van der Waals surface area contributed by atoms with Crippen LogP contribution in [-0.4, -0.2) is 48.3 Å². The number of piperazine rings is 1. The van der Waals surface area contributed by atoms with E-state index in [2.05, 4.69) is 15.1 Å². The Kier molecular flexibility index (Phi) is 4.32. The third-order valence-electron chi connectivity index (χ3n) is 5.27. The van der Waals surface area contributed by atoms with Gasteiger partial charge in [-0.25, -0.2) is 4.39 Å². The first-order chi connectivity index (χ1) is 12.5. The van der Waals surface area contributed by atoms with Crippen molar-refractivity contribution in [1.82, 2.24) is 9.88 Å². The SMILES string of the molecule is Cn1cc(N2CCN(c3ccc(F)cc3)CC2)c2c1C(O)CCNC2=O. The van der Waals surface area contributed by atoms with E-state index in [4.69, 9.17) is 0 Å². The summed E-state index contributed by atoms with van der Waals surface area (Å²) < 4.78 is 15.0. The van der Waals surface area contributed by atoms with Crippen LogP contribution >= 0.6 is 0 Å².